The van der Waals surface area contributed by atoms with Crippen LogP contribution in [0, 0.1) is 0 Å². The van der Waals surface area contributed by atoms with E-state index in [1.165, 1.54) is 0 Å². The molecule has 2 saturated heterocycles. The molecular weight excluding hydrogens is 444 g/mol. The first kappa shape index (κ1) is 28.9. The molecule has 2 rings (SSSR count). The van der Waals surface area contributed by atoms with Gasteiger partial charge in [-0.05, 0) is 12.8 Å². The zero-order chi connectivity index (χ0) is 24.4. The van der Waals surface area contributed by atoms with Crippen molar-refractivity contribution in [3.05, 3.63) is 0 Å². The Morgan fingerprint density at radius 3 is 1.44 bits per heavy atom. The van der Waals surface area contributed by atoms with E-state index in [2.05, 4.69) is 9.80 Å². The van der Waals surface area contributed by atoms with E-state index in [1.54, 1.807) is 0 Å². The molecule has 198 valence electrons. The second-order valence-electron chi connectivity index (χ2n) is 8.70. The average molecular weight is 489 g/mol. The zero-order valence-corrected chi connectivity index (χ0v) is 21.0. The maximum atomic E-state index is 12.0. The molecule has 0 bridgehead atoms. The topological polar surface area (TPSA) is 96.0 Å². The SMILES string of the molecule is CCCC(=O)OC(COCCOCC(CN1CCOCC1)OC(=O)CCC)CN1CCOCC1. The van der Waals surface area contributed by atoms with Crippen LogP contribution in [0.4, 0.5) is 0 Å². The molecule has 0 aliphatic carbocycles. The first-order chi connectivity index (χ1) is 16.6. The van der Waals surface area contributed by atoms with E-state index in [-0.39, 0.29) is 24.1 Å². The minimum atomic E-state index is -0.318. The summed E-state index contributed by atoms with van der Waals surface area (Å²) in [5, 5.41) is 0. The molecule has 0 aromatic carbocycles. The first-order valence-electron chi connectivity index (χ1n) is 12.7. The maximum absolute atomic E-state index is 12.0. The van der Waals surface area contributed by atoms with Crippen LogP contribution in [0.2, 0.25) is 0 Å². The van der Waals surface area contributed by atoms with Gasteiger partial charge in [0.05, 0.1) is 52.9 Å². The van der Waals surface area contributed by atoms with Crippen LogP contribution in [-0.4, -0.2) is 126 Å². The molecule has 0 N–H and O–H groups in total. The second kappa shape index (κ2) is 18.0. The van der Waals surface area contributed by atoms with E-state index in [0.29, 0.717) is 78.8 Å². The summed E-state index contributed by atoms with van der Waals surface area (Å²) >= 11 is 0. The van der Waals surface area contributed by atoms with Gasteiger partial charge in [-0.2, -0.15) is 0 Å². The van der Waals surface area contributed by atoms with Crippen molar-refractivity contribution in [1.82, 2.24) is 9.80 Å². The Kier molecular flexibility index (Phi) is 15.3. The van der Waals surface area contributed by atoms with Crippen LogP contribution >= 0.6 is 0 Å². The summed E-state index contributed by atoms with van der Waals surface area (Å²) in [7, 11) is 0. The highest BCUT2D eigenvalue weighted by Gasteiger charge is 2.22. The number of nitrogens with zero attached hydrogens (tertiary/aromatic N) is 2. The van der Waals surface area contributed by atoms with Crippen LogP contribution in [0.15, 0.2) is 0 Å². The quantitative estimate of drug-likeness (QED) is 0.219. The molecule has 10 nitrogen and oxygen atoms in total. The van der Waals surface area contributed by atoms with Gasteiger partial charge in [-0.3, -0.25) is 19.4 Å². The van der Waals surface area contributed by atoms with Crippen molar-refractivity contribution in [2.75, 3.05) is 92.1 Å². The lowest BCUT2D eigenvalue weighted by Gasteiger charge is -2.30. The first-order valence-corrected chi connectivity index (χ1v) is 12.7. The normalized spacial score (nSPS) is 19.5. The molecule has 34 heavy (non-hydrogen) atoms. The maximum Gasteiger partial charge on any atom is 0.306 e. The third kappa shape index (κ3) is 13.0. The zero-order valence-electron chi connectivity index (χ0n) is 21.0. The fourth-order valence-corrected chi connectivity index (χ4v) is 3.84. The minimum absolute atomic E-state index is 0.194. The van der Waals surface area contributed by atoms with Gasteiger partial charge in [-0.1, -0.05) is 13.8 Å². The third-order valence-electron chi connectivity index (χ3n) is 5.62. The molecule has 2 aliphatic rings. The summed E-state index contributed by atoms with van der Waals surface area (Å²) in [5.74, 6) is -0.388. The van der Waals surface area contributed by atoms with Gasteiger partial charge in [0.25, 0.3) is 0 Å². The lowest BCUT2D eigenvalue weighted by atomic mass is 10.3. The smallest absolute Gasteiger partial charge is 0.306 e. The van der Waals surface area contributed by atoms with Gasteiger partial charge in [0.2, 0.25) is 0 Å². The highest BCUT2D eigenvalue weighted by atomic mass is 16.6. The van der Waals surface area contributed by atoms with E-state index in [0.717, 1.165) is 39.0 Å². The van der Waals surface area contributed by atoms with E-state index >= 15 is 0 Å². The Balaban J connectivity index is 1.70. The number of hydrogen-bond donors (Lipinski definition) is 0. The summed E-state index contributed by atoms with van der Waals surface area (Å²) in [6, 6.07) is 0. The molecule has 2 fully saturated rings. The molecule has 0 aromatic rings. The Hall–Kier alpha value is -1.30. The predicted molar refractivity (Wildman–Crippen MR) is 126 cm³/mol. The number of esters is 2. The van der Waals surface area contributed by atoms with E-state index in [1.807, 2.05) is 13.8 Å². The fraction of sp³-hybridized carbons (Fsp3) is 0.917. The molecule has 2 heterocycles. The van der Waals surface area contributed by atoms with Gasteiger partial charge >= 0.3 is 11.9 Å². The highest BCUT2D eigenvalue weighted by Crippen LogP contribution is 2.07. The lowest BCUT2D eigenvalue weighted by Crippen LogP contribution is -2.44. The van der Waals surface area contributed by atoms with Gasteiger partial charge in [-0.15, -0.1) is 0 Å². The molecule has 0 aromatic heterocycles. The number of morpholine rings is 2. The highest BCUT2D eigenvalue weighted by molar-refractivity contribution is 5.69. The molecule has 2 atom stereocenters. The predicted octanol–water partition coefficient (Wildman–Crippen LogP) is 1.11. The van der Waals surface area contributed by atoms with Gasteiger partial charge in [0.1, 0.15) is 12.2 Å². The number of hydrogen-bond acceptors (Lipinski definition) is 10. The Morgan fingerprint density at radius 1 is 0.706 bits per heavy atom. The Morgan fingerprint density at radius 2 is 1.09 bits per heavy atom. The van der Waals surface area contributed by atoms with Crippen molar-refractivity contribution >= 4 is 11.9 Å². The van der Waals surface area contributed by atoms with Crippen LogP contribution < -0.4 is 0 Å². The second-order valence-corrected chi connectivity index (χ2v) is 8.70. The monoisotopic (exact) mass is 488 g/mol. The molecule has 0 spiro atoms. The summed E-state index contributed by atoms with van der Waals surface area (Å²) < 4.78 is 33.6. The molecule has 2 aliphatic heterocycles. The van der Waals surface area contributed by atoms with Crippen molar-refractivity contribution < 1.29 is 38.0 Å². The summed E-state index contributed by atoms with van der Waals surface area (Å²) in [6.45, 7) is 12.6. The Bertz CT molecular complexity index is 505. The van der Waals surface area contributed by atoms with Crippen molar-refractivity contribution in [2.45, 2.75) is 51.7 Å². The van der Waals surface area contributed by atoms with Crippen molar-refractivity contribution in [2.24, 2.45) is 0 Å². The standard InChI is InChI=1S/C24H44N2O8/c1-3-5-23(27)33-21(17-25-7-11-29-12-8-25)19-31-15-16-32-20-22(34-24(28)6-4-2)18-26-9-13-30-14-10-26/h21-22H,3-20H2,1-2H3. The van der Waals surface area contributed by atoms with Crippen LogP contribution in [0.25, 0.3) is 0 Å². The largest absolute Gasteiger partial charge is 0.459 e. The van der Waals surface area contributed by atoms with Crippen LogP contribution in [0.1, 0.15) is 39.5 Å². The molecule has 2 unspecified atom stereocenters. The van der Waals surface area contributed by atoms with Crippen molar-refractivity contribution in [3.8, 4) is 0 Å². The lowest BCUT2D eigenvalue weighted by molar-refractivity contribution is -0.157. The van der Waals surface area contributed by atoms with Gasteiger partial charge in [0, 0.05) is 52.1 Å². The molecular formula is C24H44N2O8. The number of carbonyl (C=O) groups is 2. The van der Waals surface area contributed by atoms with Gasteiger partial charge in [-0.25, -0.2) is 0 Å². The Labute approximate surface area is 204 Å². The van der Waals surface area contributed by atoms with Crippen molar-refractivity contribution in [3.63, 3.8) is 0 Å². The summed E-state index contributed by atoms with van der Waals surface area (Å²) in [5.41, 5.74) is 0. The summed E-state index contributed by atoms with van der Waals surface area (Å²) in [4.78, 5) is 28.5. The third-order valence-corrected chi connectivity index (χ3v) is 5.62. The van der Waals surface area contributed by atoms with E-state index < -0.39 is 0 Å². The van der Waals surface area contributed by atoms with Gasteiger partial charge in [0.15, 0.2) is 0 Å². The van der Waals surface area contributed by atoms with Gasteiger partial charge < -0.3 is 28.4 Å². The fourth-order valence-electron chi connectivity index (χ4n) is 3.84. The molecule has 0 amide bonds. The number of ether oxygens (including phenoxy) is 6. The molecule has 0 saturated carbocycles. The number of rotatable bonds is 17. The van der Waals surface area contributed by atoms with E-state index in [4.69, 9.17) is 28.4 Å². The summed E-state index contributed by atoms with van der Waals surface area (Å²) in [6.07, 6.45) is 1.69. The van der Waals surface area contributed by atoms with Crippen LogP contribution in [-0.2, 0) is 38.0 Å². The molecule has 10 heteroatoms. The number of carbonyl (C=O) groups excluding carboxylic acids is 2. The average Bonchev–Trinajstić information content (AvgIpc) is 2.82. The minimum Gasteiger partial charge on any atom is -0.459 e. The van der Waals surface area contributed by atoms with E-state index in [9.17, 15) is 9.59 Å². The van der Waals surface area contributed by atoms with Crippen molar-refractivity contribution in [1.29, 1.82) is 0 Å². The van der Waals surface area contributed by atoms with Crippen LogP contribution in [0.3, 0.4) is 0 Å². The molecule has 0 radical (unpaired) electrons. The van der Waals surface area contributed by atoms with Crippen LogP contribution in [0.5, 0.6) is 0 Å².